The maximum atomic E-state index is 12.0. The van der Waals surface area contributed by atoms with Gasteiger partial charge in [0.1, 0.15) is 5.50 Å². The molecule has 1 aromatic carbocycles. The van der Waals surface area contributed by atoms with E-state index in [0.29, 0.717) is 16.2 Å². The molecule has 0 spiro atoms. The third-order valence-corrected chi connectivity index (χ3v) is 3.89. The molecule has 0 aliphatic carbocycles. The van der Waals surface area contributed by atoms with Crippen molar-refractivity contribution in [3.8, 4) is 0 Å². The van der Waals surface area contributed by atoms with Gasteiger partial charge in [-0.05, 0) is 13.0 Å². The van der Waals surface area contributed by atoms with Crippen molar-refractivity contribution in [2.75, 3.05) is 7.11 Å². The third-order valence-electron chi connectivity index (χ3n) is 2.88. The van der Waals surface area contributed by atoms with Gasteiger partial charge in [-0.2, -0.15) is 0 Å². The molecule has 1 atom stereocenters. The van der Waals surface area contributed by atoms with Crippen molar-refractivity contribution >= 4 is 34.0 Å². The molecular formula is C13H13N3O4S. The predicted molar refractivity (Wildman–Crippen MR) is 80.7 cm³/mol. The zero-order valence-corrected chi connectivity index (χ0v) is 12.2. The molecule has 21 heavy (non-hydrogen) atoms. The summed E-state index contributed by atoms with van der Waals surface area (Å²) in [5.41, 5.74) is 6.03. The Morgan fingerprint density at radius 3 is 2.76 bits per heavy atom. The van der Waals surface area contributed by atoms with Gasteiger partial charge in [-0.1, -0.05) is 23.9 Å². The number of carbonyl (C=O) groups excluding carboxylic acids is 1. The molecule has 0 aromatic heterocycles. The fourth-order valence-electron chi connectivity index (χ4n) is 1.99. The molecule has 0 radical (unpaired) electrons. The number of esters is 1. The number of thioether (sulfide) groups is 1. The molecule has 1 aliphatic rings. The number of aliphatic imine (C=N–C) groups is 1. The van der Waals surface area contributed by atoms with Gasteiger partial charge in [0.05, 0.1) is 28.9 Å². The number of methoxy groups -OCH3 is 1. The van der Waals surface area contributed by atoms with E-state index in [1.165, 1.54) is 13.2 Å². The van der Waals surface area contributed by atoms with Crippen molar-refractivity contribution in [2.45, 2.75) is 12.4 Å². The van der Waals surface area contributed by atoms with Crippen molar-refractivity contribution in [2.24, 2.45) is 10.7 Å². The minimum atomic E-state index is -0.617. The molecule has 1 aliphatic heterocycles. The van der Waals surface area contributed by atoms with Gasteiger partial charge in [0.2, 0.25) is 0 Å². The monoisotopic (exact) mass is 307 g/mol. The zero-order valence-electron chi connectivity index (χ0n) is 11.4. The van der Waals surface area contributed by atoms with E-state index in [9.17, 15) is 14.9 Å². The molecule has 110 valence electrons. The number of benzene rings is 1. The van der Waals surface area contributed by atoms with Crippen molar-refractivity contribution in [1.29, 1.82) is 0 Å². The van der Waals surface area contributed by atoms with Crippen LogP contribution in [0.3, 0.4) is 0 Å². The maximum Gasteiger partial charge on any atom is 0.340 e. The summed E-state index contributed by atoms with van der Waals surface area (Å²) in [4.78, 5) is 27.2. The van der Waals surface area contributed by atoms with E-state index in [-0.39, 0.29) is 11.3 Å². The molecule has 0 fully saturated rings. The number of ether oxygens (including phenoxy) is 1. The van der Waals surface area contributed by atoms with Crippen molar-refractivity contribution in [3.63, 3.8) is 0 Å². The van der Waals surface area contributed by atoms with Crippen LogP contribution in [0.15, 0.2) is 34.8 Å². The van der Waals surface area contributed by atoms with Crippen LogP contribution in [-0.4, -0.2) is 29.2 Å². The van der Waals surface area contributed by atoms with E-state index < -0.39 is 16.4 Å². The van der Waals surface area contributed by atoms with E-state index in [0.717, 1.165) is 11.8 Å². The molecular weight excluding hydrogens is 294 g/mol. The Kier molecular flexibility index (Phi) is 4.39. The van der Waals surface area contributed by atoms with Gasteiger partial charge in [-0.15, -0.1) is 0 Å². The molecule has 1 unspecified atom stereocenters. The number of rotatable bonds is 3. The van der Waals surface area contributed by atoms with E-state index >= 15 is 0 Å². The Morgan fingerprint density at radius 2 is 2.14 bits per heavy atom. The molecule has 1 aromatic rings. The lowest BCUT2D eigenvalue weighted by molar-refractivity contribution is -0.385. The van der Waals surface area contributed by atoms with Crippen LogP contribution in [0.5, 0.6) is 0 Å². The van der Waals surface area contributed by atoms with E-state index in [1.807, 2.05) is 0 Å². The Balaban J connectivity index is 2.70. The van der Waals surface area contributed by atoms with Gasteiger partial charge in [0.15, 0.2) is 0 Å². The number of nitro groups is 1. The van der Waals surface area contributed by atoms with Crippen LogP contribution in [0, 0.1) is 10.1 Å². The lowest BCUT2D eigenvalue weighted by Crippen LogP contribution is -2.24. The summed E-state index contributed by atoms with van der Waals surface area (Å²) in [6.45, 7) is 1.63. The van der Waals surface area contributed by atoms with Crippen LogP contribution >= 0.6 is 11.8 Å². The zero-order chi connectivity index (χ0) is 15.6. The second kappa shape index (κ2) is 6.06. The summed E-state index contributed by atoms with van der Waals surface area (Å²) in [6.07, 6.45) is 0. The number of para-hydroxylation sites is 1. The normalized spacial score (nSPS) is 18.2. The van der Waals surface area contributed by atoms with Gasteiger partial charge in [0, 0.05) is 11.0 Å². The average Bonchev–Trinajstić information content (AvgIpc) is 2.45. The van der Waals surface area contributed by atoms with Gasteiger partial charge in [-0.3, -0.25) is 15.1 Å². The third kappa shape index (κ3) is 2.96. The quantitative estimate of drug-likeness (QED) is 0.519. The molecule has 0 bridgehead atoms. The fourth-order valence-corrected chi connectivity index (χ4v) is 3.09. The summed E-state index contributed by atoms with van der Waals surface area (Å²) in [6, 6.07) is 6.19. The summed E-state index contributed by atoms with van der Waals surface area (Å²) >= 11 is 1.09. The average molecular weight is 307 g/mol. The molecule has 2 N–H and O–H groups in total. The van der Waals surface area contributed by atoms with Gasteiger partial charge < -0.3 is 10.5 Å². The molecule has 7 nitrogen and oxygen atoms in total. The SMILES string of the molecule is COC(=O)C1=C(c2ccccc2[N+](=O)[O-])SC(N)N=C1C. The smallest absolute Gasteiger partial charge is 0.340 e. The number of nitro benzene ring substituents is 1. The highest BCUT2D eigenvalue weighted by atomic mass is 32.2. The summed E-state index contributed by atoms with van der Waals surface area (Å²) in [5.74, 6) is -0.594. The second-order valence-corrected chi connectivity index (χ2v) is 5.32. The topological polar surface area (TPSA) is 108 Å². The molecule has 1 heterocycles. The van der Waals surface area contributed by atoms with E-state index in [1.54, 1.807) is 25.1 Å². The Hall–Kier alpha value is -2.19. The van der Waals surface area contributed by atoms with E-state index in [4.69, 9.17) is 10.5 Å². The van der Waals surface area contributed by atoms with Gasteiger partial charge in [0.25, 0.3) is 5.69 Å². The standard InChI is InChI=1S/C13H13N3O4S/c1-7-10(12(17)20-2)11(21-13(14)15-7)8-5-3-4-6-9(8)16(18)19/h3-6,13H,14H2,1-2H3. The summed E-state index contributed by atoms with van der Waals surface area (Å²) in [7, 11) is 1.25. The fraction of sp³-hybridized carbons (Fsp3) is 0.231. The molecule has 8 heteroatoms. The second-order valence-electron chi connectivity index (χ2n) is 4.19. The first-order valence-electron chi connectivity index (χ1n) is 5.99. The number of carbonyl (C=O) groups is 1. The van der Waals surface area contributed by atoms with Gasteiger partial charge in [-0.25, -0.2) is 4.79 Å². The first-order chi connectivity index (χ1) is 9.95. The minimum Gasteiger partial charge on any atom is -0.465 e. The summed E-state index contributed by atoms with van der Waals surface area (Å²) in [5, 5.41) is 11.2. The van der Waals surface area contributed by atoms with Crippen LogP contribution in [-0.2, 0) is 9.53 Å². The van der Waals surface area contributed by atoms with Crippen LogP contribution in [0.4, 0.5) is 5.69 Å². The molecule has 0 saturated carbocycles. The number of nitrogens with two attached hydrogens (primary N) is 1. The lowest BCUT2D eigenvalue weighted by Gasteiger charge is -2.21. The number of hydrogen-bond acceptors (Lipinski definition) is 7. The lowest BCUT2D eigenvalue weighted by atomic mass is 10.1. The first-order valence-corrected chi connectivity index (χ1v) is 6.87. The predicted octanol–water partition coefficient (Wildman–Crippen LogP) is 1.93. The van der Waals surface area contributed by atoms with E-state index in [2.05, 4.69) is 4.99 Å². The highest BCUT2D eigenvalue weighted by Crippen LogP contribution is 2.41. The Bertz CT molecular complexity index is 669. The Morgan fingerprint density at radius 1 is 1.48 bits per heavy atom. The number of hydrogen-bond donors (Lipinski definition) is 1. The van der Waals surface area contributed by atoms with Crippen LogP contribution in [0.25, 0.3) is 4.91 Å². The van der Waals surface area contributed by atoms with Crippen molar-refractivity contribution in [3.05, 3.63) is 45.5 Å². The summed E-state index contributed by atoms with van der Waals surface area (Å²) < 4.78 is 4.75. The molecule has 0 saturated heterocycles. The van der Waals surface area contributed by atoms with Crippen molar-refractivity contribution in [1.82, 2.24) is 0 Å². The molecule has 0 amide bonds. The van der Waals surface area contributed by atoms with Crippen LogP contribution in [0.1, 0.15) is 12.5 Å². The first kappa shape index (κ1) is 15.2. The van der Waals surface area contributed by atoms with Crippen LogP contribution in [0.2, 0.25) is 0 Å². The highest BCUT2D eigenvalue weighted by molar-refractivity contribution is 8.09. The molecule has 2 rings (SSSR count). The number of nitrogens with zero attached hydrogens (tertiary/aromatic N) is 2. The van der Waals surface area contributed by atoms with Crippen LogP contribution < -0.4 is 5.73 Å². The van der Waals surface area contributed by atoms with Gasteiger partial charge >= 0.3 is 5.97 Å². The maximum absolute atomic E-state index is 12.0. The largest absolute Gasteiger partial charge is 0.465 e. The Labute approximate surface area is 125 Å². The highest BCUT2D eigenvalue weighted by Gasteiger charge is 2.30. The minimum absolute atomic E-state index is 0.0942. The van der Waals surface area contributed by atoms with Crippen molar-refractivity contribution < 1.29 is 14.5 Å².